The summed E-state index contributed by atoms with van der Waals surface area (Å²) in [4.78, 5) is 9.05. The van der Waals surface area contributed by atoms with Crippen LogP contribution in [0.3, 0.4) is 0 Å². The normalized spacial score (nSPS) is 23.3. The molecule has 4 heteroatoms. The van der Waals surface area contributed by atoms with Crippen molar-refractivity contribution in [3.63, 3.8) is 0 Å². The molecule has 1 aromatic rings. The standard InChI is InChI=1S/C17H29N3S/c1-3-10-18-14-6-5-7-15-16(14)21-17(19-15)20-11-8-13(4-2)9-12-20/h13-14,18H,3-12H2,1-2H3. The number of anilines is 1. The molecule has 118 valence electrons. The Morgan fingerprint density at radius 3 is 2.76 bits per heavy atom. The van der Waals surface area contributed by atoms with Gasteiger partial charge >= 0.3 is 0 Å². The van der Waals surface area contributed by atoms with Gasteiger partial charge in [-0.2, -0.15) is 0 Å². The molecule has 1 aliphatic carbocycles. The summed E-state index contributed by atoms with van der Waals surface area (Å²) >= 11 is 1.96. The SMILES string of the molecule is CCCNC1CCCc2nc(N3CCC(CC)CC3)sc21. The molecular formula is C17H29N3S. The van der Waals surface area contributed by atoms with E-state index in [0.29, 0.717) is 6.04 Å². The van der Waals surface area contributed by atoms with E-state index in [9.17, 15) is 0 Å². The van der Waals surface area contributed by atoms with E-state index in [2.05, 4.69) is 24.1 Å². The van der Waals surface area contributed by atoms with Crippen LogP contribution in [0.2, 0.25) is 0 Å². The van der Waals surface area contributed by atoms with E-state index >= 15 is 0 Å². The third-order valence-electron chi connectivity index (χ3n) is 5.04. The Labute approximate surface area is 133 Å². The summed E-state index contributed by atoms with van der Waals surface area (Å²) in [6.07, 6.45) is 8.99. The van der Waals surface area contributed by atoms with Crippen LogP contribution < -0.4 is 10.2 Å². The minimum Gasteiger partial charge on any atom is -0.348 e. The van der Waals surface area contributed by atoms with Gasteiger partial charge in [0, 0.05) is 24.0 Å². The molecule has 0 aromatic carbocycles. The zero-order valence-corrected chi connectivity index (χ0v) is 14.3. The van der Waals surface area contributed by atoms with Crippen LogP contribution in [0.15, 0.2) is 0 Å². The maximum Gasteiger partial charge on any atom is 0.185 e. The Kier molecular flexibility index (Phi) is 5.17. The lowest BCUT2D eigenvalue weighted by molar-refractivity contribution is 0.395. The number of rotatable bonds is 5. The molecule has 1 atom stereocenters. The molecule has 0 spiro atoms. The van der Waals surface area contributed by atoms with Gasteiger partial charge in [0.15, 0.2) is 5.13 Å². The van der Waals surface area contributed by atoms with Crippen molar-refractivity contribution in [2.75, 3.05) is 24.5 Å². The maximum atomic E-state index is 4.99. The molecule has 3 nitrogen and oxygen atoms in total. The Balaban J connectivity index is 1.69. The minimum atomic E-state index is 0.563. The van der Waals surface area contributed by atoms with E-state index in [1.165, 1.54) is 73.7 Å². The topological polar surface area (TPSA) is 28.2 Å². The first kappa shape index (κ1) is 15.3. The number of nitrogens with zero attached hydrogens (tertiary/aromatic N) is 2. The van der Waals surface area contributed by atoms with Gasteiger partial charge in [-0.1, -0.05) is 31.6 Å². The summed E-state index contributed by atoms with van der Waals surface area (Å²) in [5, 5.41) is 5.00. The fourth-order valence-corrected chi connectivity index (χ4v) is 4.86. The molecule has 0 bridgehead atoms. The van der Waals surface area contributed by atoms with Crippen molar-refractivity contribution in [3.8, 4) is 0 Å². The lowest BCUT2D eigenvalue weighted by Crippen LogP contribution is -2.33. The molecule has 0 amide bonds. The van der Waals surface area contributed by atoms with Crippen LogP contribution in [0.1, 0.15) is 69.0 Å². The second-order valence-corrected chi connectivity index (χ2v) is 7.55. The molecule has 2 aliphatic rings. The Hall–Kier alpha value is -0.610. The van der Waals surface area contributed by atoms with E-state index in [1.54, 1.807) is 0 Å². The summed E-state index contributed by atoms with van der Waals surface area (Å²) in [6, 6.07) is 0.563. The van der Waals surface area contributed by atoms with E-state index in [4.69, 9.17) is 4.98 Å². The Morgan fingerprint density at radius 1 is 1.24 bits per heavy atom. The highest BCUT2D eigenvalue weighted by molar-refractivity contribution is 7.15. The quantitative estimate of drug-likeness (QED) is 0.886. The fraction of sp³-hybridized carbons (Fsp3) is 0.824. The van der Waals surface area contributed by atoms with Crippen LogP contribution in [0.25, 0.3) is 0 Å². The number of thiazole rings is 1. The first-order valence-electron chi connectivity index (χ1n) is 8.79. The zero-order valence-electron chi connectivity index (χ0n) is 13.5. The fourth-order valence-electron chi connectivity index (χ4n) is 3.59. The predicted octanol–water partition coefficient (Wildman–Crippen LogP) is 4.15. The summed E-state index contributed by atoms with van der Waals surface area (Å²) in [7, 11) is 0. The van der Waals surface area contributed by atoms with Gasteiger partial charge < -0.3 is 10.2 Å². The van der Waals surface area contributed by atoms with Gasteiger partial charge in [0.05, 0.1) is 5.69 Å². The van der Waals surface area contributed by atoms with Crippen molar-refractivity contribution in [2.24, 2.45) is 5.92 Å². The predicted molar refractivity (Wildman–Crippen MR) is 91.3 cm³/mol. The smallest absolute Gasteiger partial charge is 0.185 e. The van der Waals surface area contributed by atoms with Crippen molar-refractivity contribution < 1.29 is 0 Å². The molecular weight excluding hydrogens is 278 g/mol. The molecule has 1 N–H and O–H groups in total. The van der Waals surface area contributed by atoms with Crippen molar-refractivity contribution in [2.45, 2.75) is 64.8 Å². The van der Waals surface area contributed by atoms with Crippen LogP contribution in [-0.4, -0.2) is 24.6 Å². The van der Waals surface area contributed by atoms with Crippen LogP contribution >= 0.6 is 11.3 Å². The molecule has 0 radical (unpaired) electrons. The van der Waals surface area contributed by atoms with E-state index < -0.39 is 0 Å². The molecule has 2 heterocycles. The first-order chi connectivity index (χ1) is 10.3. The monoisotopic (exact) mass is 307 g/mol. The van der Waals surface area contributed by atoms with Crippen LogP contribution in [0.5, 0.6) is 0 Å². The third-order valence-corrected chi connectivity index (χ3v) is 6.31. The molecule has 21 heavy (non-hydrogen) atoms. The number of hydrogen-bond donors (Lipinski definition) is 1. The Morgan fingerprint density at radius 2 is 2.05 bits per heavy atom. The number of fused-ring (bicyclic) bond motifs is 1. The van der Waals surface area contributed by atoms with E-state index in [-0.39, 0.29) is 0 Å². The number of aryl methyl sites for hydroxylation is 1. The second kappa shape index (κ2) is 7.10. The average molecular weight is 308 g/mol. The van der Waals surface area contributed by atoms with Crippen LogP contribution in [-0.2, 0) is 6.42 Å². The summed E-state index contributed by atoms with van der Waals surface area (Å²) in [5.74, 6) is 0.940. The van der Waals surface area contributed by atoms with Gasteiger partial charge in [0.1, 0.15) is 0 Å². The highest BCUT2D eigenvalue weighted by atomic mass is 32.1. The number of aromatic nitrogens is 1. The minimum absolute atomic E-state index is 0.563. The maximum absolute atomic E-state index is 4.99. The highest BCUT2D eigenvalue weighted by Crippen LogP contribution is 2.38. The first-order valence-corrected chi connectivity index (χ1v) is 9.61. The number of piperidine rings is 1. The number of hydrogen-bond acceptors (Lipinski definition) is 4. The summed E-state index contributed by atoms with van der Waals surface area (Å²) in [6.45, 7) is 8.11. The lowest BCUT2D eigenvalue weighted by atomic mass is 9.95. The largest absolute Gasteiger partial charge is 0.348 e. The molecule has 1 unspecified atom stereocenters. The molecule has 1 aliphatic heterocycles. The van der Waals surface area contributed by atoms with E-state index in [1.807, 2.05) is 11.3 Å². The summed E-state index contributed by atoms with van der Waals surface area (Å²) in [5.41, 5.74) is 1.38. The highest BCUT2D eigenvalue weighted by Gasteiger charge is 2.27. The van der Waals surface area contributed by atoms with Gasteiger partial charge in [0.25, 0.3) is 0 Å². The van der Waals surface area contributed by atoms with Crippen molar-refractivity contribution in [3.05, 3.63) is 10.6 Å². The zero-order chi connectivity index (χ0) is 14.7. The van der Waals surface area contributed by atoms with Crippen LogP contribution in [0, 0.1) is 5.92 Å². The van der Waals surface area contributed by atoms with Crippen LogP contribution in [0.4, 0.5) is 5.13 Å². The second-order valence-electron chi connectivity index (χ2n) is 6.54. The van der Waals surface area contributed by atoms with Gasteiger partial charge in [-0.15, -0.1) is 0 Å². The van der Waals surface area contributed by atoms with Gasteiger partial charge in [0.2, 0.25) is 0 Å². The summed E-state index contributed by atoms with van der Waals surface area (Å²) < 4.78 is 0. The number of nitrogens with one attached hydrogen (secondary N) is 1. The molecule has 1 saturated heterocycles. The van der Waals surface area contributed by atoms with Gasteiger partial charge in [-0.3, -0.25) is 0 Å². The lowest BCUT2D eigenvalue weighted by Gasteiger charge is -2.31. The molecule has 0 saturated carbocycles. The third kappa shape index (κ3) is 3.42. The van der Waals surface area contributed by atoms with Crippen molar-refractivity contribution in [1.82, 2.24) is 10.3 Å². The van der Waals surface area contributed by atoms with Gasteiger partial charge in [-0.25, -0.2) is 4.98 Å². The van der Waals surface area contributed by atoms with E-state index in [0.717, 1.165) is 12.5 Å². The van der Waals surface area contributed by atoms with Gasteiger partial charge in [-0.05, 0) is 51.0 Å². The Bertz CT molecular complexity index is 449. The molecule has 1 aromatic heterocycles. The molecule has 1 fully saturated rings. The average Bonchev–Trinajstić information content (AvgIpc) is 2.97. The van der Waals surface area contributed by atoms with Crippen molar-refractivity contribution >= 4 is 16.5 Å². The van der Waals surface area contributed by atoms with Crippen molar-refractivity contribution in [1.29, 1.82) is 0 Å². The molecule has 3 rings (SSSR count).